The largest absolute Gasteiger partial charge is 0.308 e. The molecule has 0 aliphatic heterocycles. The molecule has 0 aliphatic rings. The minimum atomic E-state index is 0.425. The highest BCUT2D eigenvalue weighted by atomic mass is 127. The Morgan fingerprint density at radius 2 is 2.06 bits per heavy atom. The maximum atomic E-state index is 6.14. The van der Waals surface area contributed by atoms with Gasteiger partial charge in [0.2, 0.25) is 0 Å². The van der Waals surface area contributed by atoms with Crippen molar-refractivity contribution in [2.24, 2.45) is 0 Å². The van der Waals surface area contributed by atoms with Crippen molar-refractivity contribution in [2.45, 2.75) is 10.5 Å². The number of halogens is 2. The van der Waals surface area contributed by atoms with Gasteiger partial charge >= 0.3 is 0 Å². The zero-order valence-corrected chi connectivity index (χ0v) is 12.5. The number of hydrogen-bond acceptors (Lipinski definition) is 0. The van der Waals surface area contributed by atoms with Crippen LogP contribution < -0.4 is 0 Å². The minimum absolute atomic E-state index is 0.425. The van der Waals surface area contributed by atoms with Gasteiger partial charge in [-0.1, -0.05) is 29.8 Å². The highest BCUT2D eigenvalue weighted by Gasteiger charge is 2.25. The molecule has 86 valence electrons. The molecule has 1 aromatic rings. The van der Waals surface area contributed by atoms with Gasteiger partial charge < -0.3 is 4.48 Å². The Balaban J connectivity index is 2.76. The predicted molar refractivity (Wildman–Crippen MR) is 78.8 cm³/mol. The van der Waals surface area contributed by atoms with Crippen LogP contribution in [0, 0.1) is 12.3 Å². The maximum Gasteiger partial charge on any atom is 0.144 e. The number of rotatable bonds is 4. The van der Waals surface area contributed by atoms with Crippen molar-refractivity contribution in [3.8, 4) is 12.3 Å². The van der Waals surface area contributed by atoms with Crippen LogP contribution in [0.25, 0.3) is 0 Å². The molecule has 1 unspecified atom stereocenters. The quantitative estimate of drug-likeness (QED) is 0.257. The van der Waals surface area contributed by atoms with E-state index in [-0.39, 0.29) is 0 Å². The fraction of sp³-hybridized carbons (Fsp3) is 0.385. The molecule has 0 heterocycles. The van der Waals surface area contributed by atoms with Gasteiger partial charge in [-0.2, -0.15) is 0 Å². The number of alkyl halides is 1. The van der Waals surface area contributed by atoms with Crippen LogP contribution >= 0.6 is 34.2 Å². The average molecular weight is 349 g/mol. The second-order valence-electron chi connectivity index (χ2n) is 4.37. The molecule has 3 heteroatoms. The first-order chi connectivity index (χ1) is 7.47. The molecule has 0 aromatic heterocycles. The number of likely N-dealkylation sites (N-methyl/N-ethyl adjacent to an activating group) is 1. The van der Waals surface area contributed by atoms with E-state index in [1.54, 1.807) is 0 Å². The fourth-order valence-electron chi connectivity index (χ4n) is 1.43. The third kappa shape index (κ3) is 3.65. The molecule has 1 rings (SSSR count). The molecule has 0 saturated heterocycles. The number of nitrogens with zero attached hydrogens (tertiary/aromatic N) is 1. The molecule has 1 atom stereocenters. The first-order valence-corrected chi connectivity index (χ1v) is 6.73. The van der Waals surface area contributed by atoms with Crippen LogP contribution in [0.1, 0.15) is 5.56 Å². The summed E-state index contributed by atoms with van der Waals surface area (Å²) in [5.74, 6) is 2.72. The van der Waals surface area contributed by atoms with Gasteiger partial charge in [-0.05, 0) is 40.1 Å². The Hall–Kier alpha value is -0.240. The lowest BCUT2D eigenvalue weighted by molar-refractivity contribution is -0.889. The van der Waals surface area contributed by atoms with Crippen molar-refractivity contribution in [2.75, 3.05) is 20.6 Å². The van der Waals surface area contributed by atoms with E-state index in [0.717, 1.165) is 22.5 Å². The topological polar surface area (TPSA) is 0 Å². The molecule has 0 fully saturated rings. The maximum absolute atomic E-state index is 6.14. The summed E-state index contributed by atoms with van der Waals surface area (Å²) >= 11 is 8.59. The summed E-state index contributed by atoms with van der Waals surface area (Å²) in [7, 11) is 4.29. The van der Waals surface area contributed by atoms with E-state index in [2.05, 4.69) is 48.7 Å². The van der Waals surface area contributed by atoms with Crippen molar-refractivity contribution >= 4 is 34.2 Å². The molecule has 16 heavy (non-hydrogen) atoms. The van der Waals surface area contributed by atoms with E-state index in [4.69, 9.17) is 18.0 Å². The zero-order valence-electron chi connectivity index (χ0n) is 9.58. The van der Waals surface area contributed by atoms with E-state index in [1.807, 2.05) is 18.2 Å². The summed E-state index contributed by atoms with van der Waals surface area (Å²) in [4.78, 5) is 0. The van der Waals surface area contributed by atoms with Gasteiger partial charge in [-0.25, -0.2) is 0 Å². The summed E-state index contributed by atoms with van der Waals surface area (Å²) in [5.41, 5.74) is 1.19. The van der Waals surface area contributed by atoms with Crippen LogP contribution in [0.4, 0.5) is 0 Å². The summed E-state index contributed by atoms with van der Waals surface area (Å²) in [6.45, 7) is 0.734. The Morgan fingerprint density at radius 3 is 2.62 bits per heavy atom. The van der Waals surface area contributed by atoms with Crippen LogP contribution in [0.3, 0.4) is 0 Å². The third-order valence-electron chi connectivity index (χ3n) is 2.60. The van der Waals surface area contributed by atoms with E-state index in [9.17, 15) is 0 Å². The van der Waals surface area contributed by atoms with Gasteiger partial charge in [0.1, 0.15) is 10.6 Å². The lowest BCUT2D eigenvalue weighted by atomic mass is 10.1. The second kappa shape index (κ2) is 5.90. The van der Waals surface area contributed by atoms with Crippen molar-refractivity contribution in [1.82, 2.24) is 0 Å². The van der Waals surface area contributed by atoms with E-state index in [0.29, 0.717) is 4.05 Å². The van der Waals surface area contributed by atoms with Gasteiger partial charge in [0, 0.05) is 11.4 Å². The lowest BCUT2D eigenvalue weighted by Gasteiger charge is -2.33. The minimum Gasteiger partial charge on any atom is -0.308 e. The van der Waals surface area contributed by atoms with Gasteiger partial charge in [0.15, 0.2) is 0 Å². The highest BCUT2D eigenvalue weighted by Crippen LogP contribution is 2.23. The Morgan fingerprint density at radius 1 is 1.44 bits per heavy atom. The SMILES string of the molecule is C#CC[N+](C)(C)C(I)Cc1ccccc1Cl. The van der Waals surface area contributed by atoms with Crippen LogP contribution in [-0.2, 0) is 6.42 Å². The summed E-state index contributed by atoms with van der Waals surface area (Å²) in [6.07, 6.45) is 6.32. The first kappa shape index (κ1) is 13.8. The summed E-state index contributed by atoms with van der Waals surface area (Å²) in [5, 5.41) is 0.838. The van der Waals surface area contributed by atoms with Gasteiger partial charge in [0.25, 0.3) is 0 Å². The monoisotopic (exact) mass is 348 g/mol. The smallest absolute Gasteiger partial charge is 0.144 e. The summed E-state index contributed by atoms with van der Waals surface area (Å²) < 4.78 is 1.23. The molecule has 0 N–H and O–H groups in total. The molecule has 1 nitrogen and oxygen atoms in total. The first-order valence-electron chi connectivity index (χ1n) is 5.11. The number of quaternary nitrogens is 1. The average Bonchev–Trinajstić information content (AvgIpc) is 2.21. The predicted octanol–water partition coefficient (Wildman–Crippen LogP) is 3.35. The van der Waals surface area contributed by atoms with Crippen molar-refractivity contribution in [3.05, 3.63) is 34.9 Å². The molecule has 0 spiro atoms. The lowest BCUT2D eigenvalue weighted by Crippen LogP contribution is -2.46. The molecule has 0 saturated carbocycles. The molecular weight excluding hydrogens is 333 g/mol. The fourth-order valence-corrected chi connectivity index (χ4v) is 2.31. The molecular formula is C13H16ClIN+. The molecule has 0 amide bonds. The Bertz CT molecular complexity index is 395. The van der Waals surface area contributed by atoms with Crippen LogP contribution in [-0.4, -0.2) is 29.2 Å². The summed E-state index contributed by atoms with van der Waals surface area (Å²) in [6, 6.07) is 7.98. The molecule has 0 radical (unpaired) electrons. The van der Waals surface area contributed by atoms with Crippen LogP contribution in [0.15, 0.2) is 24.3 Å². The van der Waals surface area contributed by atoms with E-state index < -0.39 is 0 Å². The number of hydrogen-bond donors (Lipinski definition) is 0. The van der Waals surface area contributed by atoms with Gasteiger partial charge in [-0.15, -0.1) is 6.42 Å². The van der Waals surface area contributed by atoms with Crippen molar-refractivity contribution in [3.63, 3.8) is 0 Å². The second-order valence-corrected chi connectivity index (χ2v) is 6.22. The highest BCUT2D eigenvalue weighted by molar-refractivity contribution is 14.1. The third-order valence-corrected chi connectivity index (χ3v) is 4.92. The van der Waals surface area contributed by atoms with Crippen LogP contribution in [0.2, 0.25) is 5.02 Å². The standard InChI is InChI=1S/C13H16ClIN/c1-4-9-16(2,3)13(15)10-11-7-5-6-8-12(11)14/h1,5-8,13H,9-10H2,2-3H3/q+1. The van der Waals surface area contributed by atoms with Crippen molar-refractivity contribution < 1.29 is 4.48 Å². The normalized spacial score (nSPS) is 13.2. The Labute approximate surface area is 117 Å². The van der Waals surface area contributed by atoms with Gasteiger partial charge in [0.05, 0.1) is 14.1 Å². The molecule has 1 aromatic carbocycles. The number of benzene rings is 1. The number of terminal acetylenes is 1. The Kier molecular flexibility index (Phi) is 5.10. The van der Waals surface area contributed by atoms with Crippen LogP contribution in [0.5, 0.6) is 0 Å². The van der Waals surface area contributed by atoms with Crippen molar-refractivity contribution in [1.29, 1.82) is 0 Å². The van der Waals surface area contributed by atoms with E-state index in [1.165, 1.54) is 5.56 Å². The zero-order chi connectivity index (χ0) is 12.2. The molecule has 0 aliphatic carbocycles. The van der Waals surface area contributed by atoms with E-state index >= 15 is 0 Å². The van der Waals surface area contributed by atoms with Gasteiger partial charge in [-0.3, -0.25) is 0 Å². The molecule has 0 bridgehead atoms.